The Balaban J connectivity index is 0.00000312. The average molecular weight is 464 g/mol. The molecular formula is C18H33IN4O2. The molecule has 144 valence electrons. The van der Waals surface area contributed by atoms with Gasteiger partial charge in [-0.2, -0.15) is 0 Å². The van der Waals surface area contributed by atoms with E-state index in [0.29, 0.717) is 11.7 Å². The molecule has 0 amide bonds. The molecule has 1 aromatic rings. The smallest absolute Gasteiger partial charge is 0.191 e. The van der Waals surface area contributed by atoms with Gasteiger partial charge in [0.15, 0.2) is 5.96 Å². The zero-order valence-corrected chi connectivity index (χ0v) is 18.0. The van der Waals surface area contributed by atoms with Crippen molar-refractivity contribution in [1.29, 1.82) is 0 Å². The molecule has 3 N–H and O–H groups in total. The molecule has 0 radical (unpaired) electrons. The molecule has 1 fully saturated rings. The maximum atomic E-state index is 10.5. The van der Waals surface area contributed by atoms with Crippen molar-refractivity contribution >= 4 is 29.9 Å². The largest absolute Gasteiger partial charge is 0.466 e. The standard InChI is InChI=1S/C18H32N4O2.HI/c1-4-9-22-10-8-15(13-22)12-20-17(19-5-2)21-14-18(3,23)16-7-6-11-24-16;/h6-7,11,15,23H,4-5,8-10,12-14H2,1-3H3,(H2,19,20,21);1H. The lowest BCUT2D eigenvalue weighted by molar-refractivity contribution is 0.0437. The fourth-order valence-electron chi connectivity index (χ4n) is 3.08. The first-order chi connectivity index (χ1) is 11.5. The number of nitrogens with zero attached hydrogens (tertiary/aromatic N) is 2. The summed E-state index contributed by atoms with van der Waals surface area (Å²) in [5.41, 5.74) is -1.10. The van der Waals surface area contributed by atoms with E-state index in [1.165, 1.54) is 25.9 Å². The third-order valence-corrected chi connectivity index (χ3v) is 4.41. The summed E-state index contributed by atoms with van der Waals surface area (Å²) in [6, 6.07) is 3.55. The van der Waals surface area contributed by atoms with Gasteiger partial charge in [-0.15, -0.1) is 24.0 Å². The third-order valence-electron chi connectivity index (χ3n) is 4.41. The van der Waals surface area contributed by atoms with Gasteiger partial charge in [-0.1, -0.05) is 6.92 Å². The number of furan rings is 1. The van der Waals surface area contributed by atoms with Crippen LogP contribution in [0.5, 0.6) is 0 Å². The van der Waals surface area contributed by atoms with Gasteiger partial charge in [0.05, 0.1) is 12.8 Å². The summed E-state index contributed by atoms with van der Waals surface area (Å²) in [6.07, 6.45) is 4.02. The van der Waals surface area contributed by atoms with E-state index < -0.39 is 5.60 Å². The van der Waals surface area contributed by atoms with Crippen LogP contribution in [-0.2, 0) is 5.60 Å². The van der Waals surface area contributed by atoms with Crippen LogP contribution in [0.3, 0.4) is 0 Å². The topological polar surface area (TPSA) is 73.0 Å². The highest BCUT2D eigenvalue weighted by molar-refractivity contribution is 14.0. The lowest BCUT2D eigenvalue weighted by Gasteiger charge is -2.20. The molecule has 0 aliphatic carbocycles. The van der Waals surface area contributed by atoms with Gasteiger partial charge in [0.25, 0.3) is 0 Å². The minimum atomic E-state index is -1.10. The molecule has 1 aliphatic rings. The quantitative estimate of drug-likeness (QED) is 0.313. The van der Waals surface area contributed by atoms with Gasteiger partial charge in [0.1, 0.15) is 11.4 Å². The Kier molecular flexibility index (Phi) is 9.81. The number of guanidine groups is 1. The molecule has 2 heterocycles. The molecule has 2 unspecified atom stereocenters. The maximum absolute atomic E-state index is 10.5. The second kappa shape index (κ2) is 11.0. The van der Waals surface area contributed by atoms with Crippen LogP contribution in [0, 0.1) is 5.92 Å². The average Bonchev–Trinajstić information content (AvgIpc) is 3.22. The van der Waals surface area contributed by atoms with Crippen molar-refractivity contribution in [2.24, 2.45) is 10.9 Å². The Hall–Kier alpha value is -0.800. The van der Waals surface area contributed by atoms with Crippen LogP contribution in [-0.4, -0.2) is 55.2 Å². The maximum Gasteiger partial charge on any atom is 0.191 e. The first kappa shape index (κ1) is 22.2. The van der Waals surface area contributed by atoms with Crippen LogP contribution in [0.2, 0.25) is 0 Å². The Morgan fingerprint density at radius 2 is 2.24 bits per heavy atom. The summed E-state index contributed by atoms with van der Waals surface area (Å²) in [5, 5.41) is 17.2. The van der Waals surface area contributed by atoms with Crippen molar-refractivity contribution in [2.75, 3.05) is 39.3 Å². The lowest BCUT2D eigenvalue weighted by atomic mass is 10.0. The fourth-order valence-corrected chi connectivity index (χ4v) is 3.08. The monoisotopic (exact) mass is 464 g/mol. The summed E-state index contributed by atoms with van der Waals surface area (Å²) < 4.78 is 5.30. The molecule has 1 saturated heterocycles. The van der Waals surface area contributed by atoms with Gasteiger partial charge in [-0.3, -0.25) is 0 Å². The van der Waals surface area contributed by atoms with Gasteiger partial charge < -0.3 is 25.1 Å². The van der Waals surface area contributed by atoms with Crippen molar-refractivity contribution in [3.8, 4) is 0 Å². The van der Waals surface area contributed by atoms with Gasteiger partial charge in [0.2, 0.25) is 0 Å². The summed E-state index contributed by atoms with van der Waals surface area (Å²) >= 11 is 0. The third kappa shape index (κ3) is 7.15. The van der Waals surface area contributed by atoms with E-state index in [1.54, 1.807) is 25.3 Å². The zero-order valence-electron chi connectivity index (χ0n) is 15.6. The van der Waals surface area contributed by atoms with Crippen molar-refractivity contribution in [3.05, 3.63) is 24.2 Å². The summed E-state index contributed by atoms with van der Waals surface area (Å²) in [4.78, 5) is 7.05. The number of aliphatic imine (C=N–C) groups is 1. The van der Waals surface area contributed by atoms with Crippen molar-refractivity contribution in [3.63, 3.8) is 0 Å². The van der Waals surface area contributed by atoms with E-state index in [4.69, 9.17) is 4.42 Å². The number of hydrogen-bond acceptors (Lipinski definition) is 4. The summed E-state index contributed by atoms with van der Waals surface area (Å²) in [5.74, 6) is 1.94. The van der Waals surface area contributed by atoms with E-state index in [0.717, 1.165) is 25.6 Å². The van der Waals surface area contributed by atoms with Crippen LogP contribution >= 0.6 is 24.0 Å². The van der Waals surface area contributed by atoms with Crippen molar-refractivity contribution < 1.29 is 9.52 Å². The fraction of sp³-hybridized carbons (Fsp3) is 0.722. The minimum Gasteiger partial charge on any atom is -0.466 e. The van der Waals surface area contributed by atoms with Gasteiger partial charge >= 0.3 is 0 Å². The summed E-state index contributed by atoms with van der Waals surface area (Å²) in [6.45, 7) is 11.5. The highest BCUT2D eigenvalue weighted by Crippen LogP contribution is 2.21. The van der Waals surface area contributed by atoms with Gasteiger partial charge in [0, 0.05) is 19.6 Å². The first-order valence-corrected chi connectivity index (χ1v) is 9.06. The predicted octanol–water partition coefficient (Wildman–Crippen LogP) is 2.39. The molecule has 0 spiro atoms. The SMILES string of the molecule is CCCN1CCC(CNC(=NCC(C)(O)c2ccco2)NCC)C1.I. The number of nitrogens with one attached hydrogen (secondary N) is 2. The Morgan fingerprint density at radius 3 is 2.88 bits per heavy atom. The number of halogens is 1. The Morgan fingerprint density at radius 1 is 1.44 bits per heavy atom. The van der Waals surface area contributed by atoms with Crippen LogP contribution in [0.15, 0.2) is 27.8 Å². The van der Waals surface area contributed by atoms with Gasteiger partial charge in [-0.25, -0.2) is 4.99 Å². The van der Waals surface area contributed by atoms with Crippen LogP contribution in [0.1, 0.15) is 39.4 Å². The van der Waals surface area contributed by atoms with E-state index in [9.17, 15) is 5.11 Å². The highest BCUT2D eigenvalue weighted by atomic mass is 127. The number of aliphatic hydroxyl groups is 1. The van der Waals surface area contributed by atoms with Crippen molar-refractivity contribution in [1.82, 2.24) is 15.5 Å². The molecule has 7 heteroatoms. The summed E-state index contributed by atoms with van der Waals surface area (Å²) in [7, 11) is 0. The second-order valence-electron chi connectivity index (χ2n) is 6.78. The minimum absolute atomic E-state index is 0. The Labute approximate surface area is 168 Å². The molecular weight excluding hydrogens is 431 g/mol. The molecule has 2 rings (SSSR count). The number of likely N-dealkylation sites (tertiary alicyclic amines) is 1. The molecule has 0 aromatic carbocycles. The molecule has 25 heavy (non-hydrogen) atoms. The molecule has 6 nitrogen and oxygen atoms in total. The lowest BCUT2D eigenvalue weighted by Crippen LogP contribution is -2.41. The van der Waals surface area contributed by atoms with E-state index >= 15 is 0 Å². The first-order valence-electron chi connectivity index (χ1n) is 9.06. The van der Waals surface area contributed by atoms with E-state index in [-0.39, 0.29) is 30.5 Å². The number of rotatable bonds is 8. The van der Waals surface area contributed by atoms with Crippen LogP contribution < -0.4 is 10.6 Å². The van der Waals surface area contributed by atoms with Crippen molar-refractivity contribution in [2.45, 2.75) is 39.2 Å². The highest BCUT2D eigenvalue weighted by Gasteiger charge is 2.26. The molecule has 2 atom stereocenters. The molecule has 0 saturated carbocycles. The van der Waals surface area contributed by atoms with E-state index in [2.05, 4.69) is 27.4 Å². The van der Waals surface area contributed by atoms with E-state index in [1.807, 2.05) is 6.92 Å². The second-order valence-corrected chi connectivity index (χ2v) is 6.78. The van der Waals surface area contributed by atoms with Crippen LogP contribution in [0.25, 0.3) is 0 Å². The van der Waals surface area contributed by atoms with Crippen LogP contribution in [0.4, 0.5) is 0 Å². The van der Waals surface area contributed by atoms with Gasteiger partial charge in [-0.05, 0) is 57.8 Å². The molecule has 1 aliphatic heterocycles. The number of hydrogen-bond donors (Lipinski definition) is 3. The Bertz CT molecular complexity index is 505. The molecule has 0 bridgehead atoms. The molecule has 1 aromatic heterocycles. The predicted molar refractivity (Wildman–Crippen MR) is 113 cm³/mol. The normalized spacial score (nSPS) is 20.8. The zero-order chi connectivity index (χ0) is 17.4.